The summed E-state index contributed by atoms with van der Waals surface area (Å²) in [5, 5.41) is 5.77. The Hall–Kier alpha value is -2.77. The highest BCUT2D eigenvalue weighted by Crippen LogP contribution is 2.26. The van der Waals surface area contributed by atoms with Gasteiger partial charge in [0.25, 0.3) is 5.91 Å². The van der Waals surface area contributed by atoms with E-state index in [4.69, 9.17) is 9.15 Å². The molecular weight excluding hydrogens is 376 g/mol. The Bertz CT molecular complexity index is 1060. The average molecular weight is 396 g/mol. The van der Waals surface area contributed by atoms with Crippen LogP contribution in [-0.4, -0.2) is 24.1 Å². The van der Waals surface area contributed by atoms with Gasteiger partial charge in [0.15, 0.2) is 0 Å². The van der Waals surface area contributed by atoms with Gasteiger partial charge in [0.1, 0.15) is 11.3 Å². The lowest BCUT2D eigenvalue weighted by atomic mass is 10.0. The topological polar surface area (TPSA) is 81.4 Å². The molecule has 0 saturated carbocycles. The summed E-state index contributed by atoms with van der Waals surface area (Å²) in [5.41, 5.74) is 2.50. The summed E-state index contributed by atoms with van der Waals surface area (Å²) in [4.78, 5) is 29.5. The van der Waals surface area contributed by atoms with Crippen molar-refractivity contribution in [2.75, 3.05) is 18.5 Å². The van der Waals surface area contributed by atoms with Crippen LogP contribution in [0.15, 0.2) is 44.9 Å². The van der Waals surface area contributed by atoms with E-state index >= 15 is 0 Å². The van der Waals surface area contributed by atoms with Crippen LogP contribution in [0.4, 0.5) is 5.69 Å². The maximum Gasteiger partial charge on any atom is 0.349 e. The van der Waals surface area contributed by atoms with Crippen LogP contribution in [0.2, 0.25) is 0 Å². The molecule has 1 aliphatic heterocycles. The fraction of sp³-hybridized carbons (Fsp3) is 0.286. The van der Waals surface area contributed by atoms with Gasteiger partial charge in [0.2, 0.25) is 0 Å². The first-order valence-corrected chi connectivity index (χ1v) is 9.95. The predicted octanol–water partition coefficient (Wildman–Crippen LogP) is 4.14. The summed E-state index contributed by atoms with van der Waals surface area (Å²) in [6, 6.07) is 9.14. The first-order valence-electron chi connectivity index (χ1n) is 9.07. The number of aromatic nitrogens is 1. The molecule has 0 aliphatic carbocycles. The highest BCUT2D eigenvalue weighted by atomic mass is 32.1. The van der Waals surface area contributed by atoms with Crippen molar-refractivity contribution < 1.29 is 13.9 Å². The van der Waals surface area contributed by atoms with E-state index in [2.05, 4.69) is 10.3 Å². The fourth-order valence-corrected chi connectivity index (χ4v) is 3.90. The van der Waals surface area contributed by atoms with E-state index in [-0.39, 0.29) is 11.5 Å². The molecule has 3 aromatic rings. The van der Waals surface area contributed by atoms with Gasteiger partial charge < -0.3 is 14.5 Å². The first-order chi connectivity index (χ1) is 13.5. The lowest BCUT2D eigenvalue weighted by Crippen LogP contribution is -2.23. The first kappa shape index (κ1) is 18.6. The molecule has 4 rings (SSSR count). The van der Waals surface area contributed by atoms with E-state index < -0.39 is 11.5 Å². The largest absolute Gasteiger partial charge is 0.427 e. The number of carbonyl (C=O) groups is 1. The van der Waals surface area contributed by atoms with Crippen LogP contribution < -0.4 is 10.9 Å². The summed E-state index contributed by atoms with van der Waals surface area (Å²) in [7, 11) is 0. The second-order valence-corrected chi connectivity index (χ2v) is 7.90. The lowest BCUT2D eigenvalue weighted by molar-refractivity contribution is 0.102. The van der Waals surface area contributed by atoms with Crippen LogP contribution in [0.25, 0.3) is 11.3 Å². The number of anilines is 1. The maximum absolute atomic E-state index is 12.6. The van der Waals surface area contributed by atoms with Gasteiger partial charge in [-0.15, -0.1) is 11.3 Å². The van der Waals surface area contributed by atoms with Crippen molar-refractivity contribution in [3.8, 4) is 11.3 Å². The van der Waals surface area contributed by atoms with Crippen molar-refractivity contribution in [3.63, 3.8) is 0 Å². The Morgan fingerprint density at radius 2 is 2.04 bits per heavy atom. The summed E-state index contributed by atoms with van der Waals surface area (Å²) in [6.45, 7) is 4.91. The van der Waals surface area contributed by atoms with Crippen molar-refractivity contribution in [1.82, 2.24) is 4.98 Å². The van der Waals surface area contributed by atoms with Gasteiger partial charge >= 0.3 is 5.63 Å². The third kappa shape index (κ3) is 3.76. The molecule has 2 aromatic heterocycles. The average Bonchev–Trinajstić information content (AvgIpc) is 3.33. The zero-order valence-electron chi connectivity index (χ0n) is 15.7. The van der Waals surface area contributed by atoms with E-state index in [0.717, 1.165) is 22.7 Å². The number of nitrogens with one attached hydrogen (secondary N) is 1. The zero-order valence-corrected chi connectivity index (χ0v) is 16.5. The molecule has 1 fully saturated rings. The number of hydrogen-bond donors (Lipinski definition) is 1. The Balaban J connectivity index is 1.52. The summed E-state index contributed by atoms with van der Waals surface area (Å²) in [6.07, 6.45) is 0.818. The summed E-state index contributed by atoms with van der Waals surface area (Å²) >= 11 is 1.59. The Morgan fingerprint density at radius 1 is 1.25 bits per heavy atom. The molecule has 144 valence electrons. The minimum Gasteiger partial charge on any atom is -0.427 e. The molecule has 0 bridgehead atoms. The van der Waals surface area contributed by atoms with E-state index in [1.165, 1.54) is 0 Å². The molecule has 0 spiro atoms. The van der Waals surface area contributed by atoms with Crippen LogP contribution in [0.5, 0.6) is 0 Å². The van der Waals surface area contributed by atoms with Crippen molar-refractivity contribution in [2.24, 2.45) is 0 Å². The second kappa shape index (κ2) is 7.69. The van der Waals surface area contributed by atoms with Crippen molar-refractivity contribution in [1.29, 1.82) is 0 Å². The molecule has 1 atom stereocenters. The van der Waals surface area contributed by atoms with Gasteiger partial charge in [-0.3, -0.25) is 4.79 Å². The minimum atomic E-state index is -0.617. The molecule has 1 amide bonds. The van der Waals surface area contributed by atoms with Gasteiger partial charge in [0, 0.05) is 29.2 Å². The van der Waals surface area contributed by atoms with E-state index in [1.54, 1.807) is 36.5 Å². The molecule has 1 N–H and O–H groups in total. The number of benzene rings is 1. The van der Waals surface area contributed by atoms with Crippen molar-refractivity contribution >= 4 is 22.9 Å². The van der Waals surface area contributed by atoms with E-state index in [1.807, 2.05) is 24.4 Å². The molecule has 1 saturated heterocycles. The van der Waals surface area contributed by atoms with E-state index in [9.17, 15) is 9.59 Å². The van der Waals surface area contributed by atoms with Gasteiger partial charge in [-0.2, -0.15) is 0 Å². The third-order valence-electron chi connectivity index (χ3n) is 4.78. The quantitative estimate of drug-likeness (QED) is 0.717. The molecule has 0 radical (unpaired) electrons. The number of ether oxygens (including phenoxy) is 1. The Morgan fingerprint density at radius 3 is 2.64 bits per heavy atom. The van der Waals surface area contributed by atoms with E-state index in [0.29, 0.717) is 30.2 Å². The smallest absolute Gasteiger partial charge is 0.349 e. The van der Waals surface area contributed by atoms with Crippen molar-refractivity contribution in [2.45, 2.75) is 26.2 Å². The van der Waals surface area contributed by atoms with Crippen molar-refractivity contribution in [3.05, 3.63) is 68.0 Å². The van der Waals surface area contributed by atoms with Gasteiger partial charge in [-0.05, 0) is 44.0 Å². The summed E-state index contributed by atoms with van der Waals surface area (Å²) in [5.74, 6) is 0.183. The fourth-order valence-electron chi connectivity index (χ4n) is 3.28. The van der Waals surface area contributed by atoms with Crippen LogP contribution >= 0.6 is 11.3 Å². The molecule has 6 nitrogen and oxygen atoms in total. The van der Waals surface area contributed by atoms with Gasteiger partial charge in [0.05, 0.1) is 17.3 Å². The molecule has 28 heavy (non-hydrogen) atoms. The number of aryl methyl sites for hydroxylation is 2. The molecule has 7 heteroatoms. The lowest BCUT2D eigenvalue weighted by Gasteiger charge is -2.11. The maximum atomic E-state index is 12.6. The van der Waals surface area contributed by atoms with Gasteiger partial charge in [-0.25, -0.2) is 9.78 Å². The monoisotopic (exact) mass is 396 g/mol. The molecule has 3 heterocycles. The zero-order chi connectivity index (χ0) is 19.7. The summed E-state index contributed by atoms with van der Waals surface area (Å²) < 4.78 is 10.8. The minimum absolute atomic E-state index is 0.0295. The Kier molecular flexibility index (Phi) is 5.11. The van der Waals surface area contributed by atoms with Gasteiger partial charge in [-0.1, -0.05) is 12.1 Å². The Labute approximate surface area is 166 Å². The highest BCUT2D eigenvalue weighted by molar-refractivity contribution is 7.09. The molecular formula is C21H20N2O4S. The van der Waals surface area contributed by atoms with Crippen LogP contribution in [0, 0.1) is 13.8 Å². The number of amides is 1. The van der Waals surface area contributed by atoms with Crippen LogP contribution in [0.3, 0.4) is 0 Å². The standard InChI is InChI=1S/C21H20N2O4S/c1-12-9-18(15-7-8-26-10-15)27-21(25)19(12)20(24)23-16-5-3-14(4-6-16)17-11-28-13(2)22-17/h3-6,9,11,15H,7-8,10H2,1-2H3,(H,23,24). The number of carbonyl (C=O) groups excluding carboxylic acids is 1. The van der Waals surface area contributed by atoms with Crippen LogP contribution in [-0.2, 0) is 4.74 Å². The highest BCUT2D eigenvalue weighted by Gasteiger charge is 2.24. The molecule has 1 aliphatic rings. The number of nitrogens with zero attached hydrogens (tertiary/aromatic N) is 1. The second-order valence-electron chi connectivity index (χ2n) is 6.84. The number of thiazole rings is 1. The van der Waals surface area contributed by atoms with Crippen LogP contribution in [0.1, 0.15) is 39.0 Å². The molecule has 1 aromatic carbocycles. The number of rotatable bonds is 4. The third-order valence-corrected chi connectivity index (χ3v) is 5.56. The predicted molar refractivity (Wildman–Crippen MR) is 108 cm³/mol. The SMILES string of the molecule is Cc1nc(-c2ccc(NC(=O)c3c(C)cc(C4CCOC4)oc3=O)cc2)cs1. The molecule has 1 unspecified atom stereocenters. The normalized spacial score (nSPS) is 16.3. The number of hydrogen-bond acceptors (Lipinski definition) is 6.